The van der Waals surface area contributed by atoms with Crippen LogP contribution in [-0.2, 0) is 11.3 Å². The maximum absolute atomic E-state index is 9.26. The van der Waals surface area contributed by atoms with Crippen molar-refractivity contribution in [3.05, 3.63) is 10.6 Å². The lowest BCUT2D eigenvalue weighted by Gasteiger charge is -2.32. The van der Waals surface area contributed by atoms with Gasteiger partial charge in [-0.25, -0.2) is 4.98 Å². The fourth-order valence-electron chi connectivity index (χ4n) is 2.85. The third-order valence-electron chi connectivity index (χ3n) is 4.02. The quantitative estimate of drug-likeness (QED) is 0.891. The zero-order valence-electron chi connectivity index (χ0n) is 11.3. The molecular weight excluding hydrogens is 262 g/mol. The lowest BCUT2D eigenvalue weighted by Crippen LogP contribution is -2.44. The Morgan fingerprint density at radius 1 is 1.37 bits per heavy atom. The molecule has 19 heavy (non-hydrogen) atoms. The highest BCUT2D eigenvalue weighted by atomic mass is 32.1. The van der Waals surface area contributed by atoms with Gasteiger partial charge in [0.05, 0.1) is 30.4 Å². The van der Waals surface area contributed by atoms with Gasteiger partial charge in [0, 0.05) is 32.2 Å². The van der Waals surface area contributed by atoms with Crippen molar-refractivity contribution < 1.29 is 9.84 Å². The van der Waals surface area contributed by atoms with Crippen LogP contribution in [-0.4, -0.2) is 60.4 Å². The summed E-state index contributed by atoms with van der Waals surface area (Å²) in [4.78, 5) is 10.5. The Labute approximate surface area is 117 Å². The molecule has 0 aliphatic carbocycles. The van der Waals surface area contributed by atoms with Gasteiger partial charge in [-0.2, -0.15) is 0 Å². The van der Waals surface area contributed by atoms with Gasteiger partial charge in [0.1, 0.15) is 0 Å². The van der Waals surface area contributed by atoms with Crippen molar-refractivity contribution in [1.29, 1.82) is 0 Å². The van der Waals surface area contributed by atoms with Gasteiger partial charge < -0.3 is 14.7 Å². The summed E-state index contributed by atoms with van der Waals surface area (Å²) in [7, 11) is 0. The van der Waals surface area contributed by atoms with Gasteiger partial charge in [-0.1, -0.05) is 11.3 Å². The molecule has 0 aromatic carbocycles. The molecule has 0 bridgehead atoms. The lowest BCUT2D eigenvalue weighted by molar-refractivity contribution is 0.0209. The van der Waals surface area contributed by atoms with E-state index in [2.05, 4.69) is 14.8 Å². The second-order valence-electron chi connectivity index (χ2n) is 5.20. The number of aliphatic hydroxyl groups is 1. The van der Waals surface area contributed by atoms with Crippen LogP contribution < -0.4 is 4.90 Å². The summed E-state index contributed by atoms with van der Waals surface area (Å²) in [6.45, 7) is 8.03. The molecular formula is C13H21N3O2S. The first-order valence-electron chi connectivity index (χ1n) is 6.92. The maximum Gasteiger partial charge on any atom is 0.185 e. The average Bonchev–Trinajstić information content (AvgIpc) is 3.06. The van der Waals surface area contributed by atoms with Crippen LogP contribution in [0.15, 0.2) is 0 Å². The summed E-state index contributed by atoms with van der Waals surface area (Å²) in [6.07, 6.45) is 1.20. The number of nitrogens with zero attached hydrogens (tertiary/aromatic N) is 3. The minimum Gasteiger partial charge on any atom is -0.391 e. The number of aliphatic hydroxyl groups excluding tert-OH is 1. The van der Waals surface area contributed by atoms with Crippen LogP contribution in [0.2, 0.25) is 0 Å². The van der Waals surface area contributed by atoms with Crippen LogP contribution in [0.5, 0.6) is 0 Å². The van der Waals surface area contributed by atoms with Gasteiger partial charge >= 0.3 is 0 Å². The van der Waals surface area contributed by atoms with Crippen molar-refractivity contribution in [3.8, 4) is 0 Å². The number of aromatic nitrogens is 1. The van der Waals surface area contributed by atoms with Gasteiger partial charge in [-0.05, 0) is 13.3 Å². The van der Waals surface area contributed by atoms with Gasteiger partial charge in [0.2, 0.25) is 0 Å². The van der Waals surface area contributed by atoms with E-state index in [0.29, 0.717) is 6.04 Å². The monoisotopic (exact) mass is 283 g/mol. The predicted molar refractivity (Wildman–Crippen MR) is 75.8 cm³/mol. The average molecular weight is 283 g/mol. The molecule has 2 aliphatic heterocycles. The van der Waals surface area contributed by atoms with Gasteiger partial charge in [0.15, 0.2) is 5.13 Å². The molecule has 2 aliphatic rings. The zero-order valence-corrected chi connectivity index (χ0v) is 12.2. The summed E-state index contributed by atoms with van der Waals surface area (Å²) >= 11 is 1.63. The van der Waals surface area contributed by atoms with Crippen LogP contribution in [0, 0.1) is 6.92 Å². The van der Waals surface area contributed by atoms with Crippen LogP contribution in [0.4, 0.5) is 5.13 Å². The van der Waals surface area contributed by atoms with E-state index >= 15 is 0 Å². The van der Waals surface area contributed by atoms with Crippen molar-refractivity contribution in [2.24, 2.45) is 0 Å². The Morgan fingerprint density at radius 3 is 2.84 bits per heavy atom. The summed E-state index contributed by atoms with van der Waals surface area (Å²) in [5.74, 6) is 0. The molecule has 106 valence electrons. The molecule has 1 aromatic rings. The first-order valence-corrected chi connectivity index (χ1v) is 7.73. The Kier molecular flexibility index (Phi) is 4.02. The third kappa shape index (κ3) is 2.76. The van der Waals surface area contributed by atoms with Gasteiger partial charge in [0.25, 0.3) is 0 Å². The SMILES string of the molecule is Cc1nc(N2CCC(N3CCOCC3)C2)sc1CO. The highest BCUT2D eigenvalue weighted by Crippen LogP contribution is 2.29. The summed E-state index contributed by atoms with van der Waals surface area (Å²) in [5.41, 5.74) is 0.970. The molecule has 1 atom stereocenters. The lowest BCUT2D eigenvalue weighted by atomic mass is 10.2. The van der Waals surface area contributed by atoms with Crippen molar-refractivity contribution in [1.82, 2.24) is 9.88 Å². The highest BCUT2D eigenvalue weighted by Gasteiger charge is 2.30. The Bertz CT molecular complexity index is 432. The van der Waals surface area contributed by atoms with Crippen molar-refractivity contribution >= 4 is 16.5 Å². The molecule has 3 rings (SSSR count). The van der Waals surface area contributed by atoms with E-state index in [9.17, 15) is 5.11 Å². The minimum absolute atomic E-state index is 0.101. The van der Waals surface area contributed by atoms with Crippen LogP contribution in [0.25, 0.3) is 0 Å². The standard InChI is InChI=1S/C13H21N3O2S/c1-10-12(9-17)19-13(14-10)16-3-2-11(8-16)15-4-6-18-7-5-15/h11,17H,2-9H2,1H3. The first-order chi connectivity index (χ1) is 9.28. The van der Waals surface area contributed by atoms with Crippen LogP contribution in [0.3, 0.4) is 0 Å². The predicted octanol–water partition coefficient (Wildman–Crippen LogP) is 0.855. The molecule has 3 heterocycles. The normalized spacial score (nSPS) is 25.2. The van der Waals surface area contributed by atoms with E-state index in [4.69, 9.17) is 4.74 Å². The second kappa shape index (κ2) is 5.75. The molecule has 0 spiro atoms. The van der Waals surface area contributed by atoms with Crippen molar-refractivity contribution in [3.63, 3.8) is 0 Å². The Morgan fingerprint density at radius 2 is 2.16 bits per heavy atom. The second-order valence-corrected chi connectivity index (χ2v) is 6.26. The topological polar surface area (TPSA) is 48.8 Å². The number of hydrogen-bond donors (Lipinski definition) is 1. The molecule has 6 heteroatoms. The van der Waals surface area contributed by atoms with E-state index < -0.39 is 0 Å². The molecule has 2 fully saturated rings. The molecule has 0 saturated carbocycles. The molecule has 1 aromatic heterocycles. The zero-order chi connectivity index (χ0) is 13.2. The van der Waals surface area contributed by atoms with Crippen molar-refractivity contribution in [2.75, 3.05) is 44.3 Å². The number of rotatable bonds is 3. The van der Waals surface area contributed by atoms with E-state index in [1.54, 1.807) is 11.3 Å². The van der Waals surface area contributed by atoms with Crippen molar-refractivity contribution in [2.45, 2.75) is 26.0 Å². The summed E-state index contributed by atoms with van der Waals surface area (Å²) in [6, 6.07) is 0.630. The van der Waals surface area contributed by atoms with Gasteiger partial charge in [-0.15, -0.1) is 0 Å². The molecule has 1 unspecified atom stereocenters. The summed E-state index contributed by atoms with van der Waals surface area (Å²) < 4.78 is 5.41. The largest absolute Gasteiger partial charge is 0.391 e. The van der Waals surface area contributed by atoms with E-state index in [1.807, 2.05) is 6.92 Å². The number of thiazole rings is 1. The fraction of sp³-hybridized carbons (Fsp3) is 0.769. The Hall–Kier alpha value is -0.690. The number of hydrogen-bond acceptors (Lipinski definition) is 6. The van der Waals surface area contributed by atoms with Gasteiger partial charge in [-0.3, -0.25) is 4.90 Å². The minimum atomic E-state index is 0.101. The number of anilines is 1. The smallest absolute Gasteiger partial charge is 0.185 e. The number of morpholine rings is 1. The maximum atomic E-state index is 9.26. The number of aryl methyl sites for hydroxylation is 1. The Balaban J connectivity index is 1.64. The number of ether oxygens (including phenoxy) is 1. The molecule has 2 saturated heterocycles. The van der Waals surface area contributed by atoms with Crippen LogP contribution in [0.1, 0.15) is 17.0 Å². The highest BCUT2D eigenvalue weighted by molar-refractivity contribution is 7.15. The summed E-state index contributed by atoms with van der Waals surface area (Å²) in [5, 5.41) is 10.3. The van der Waals surface area contributed by atoms with E-state index in [1.165, 1.54) is 6.42 Å². The fourth-order valence-corrected chi connectivity index (χ4v) is 3.81. The van der Waals surface area contributed by atoms with Crippen LogP contribution >= 0.6 is 11.3 Å². The first kappa shape index (κ1) is 13.3. The molecule has 0 radical (unpaired) electrons. The third-order valence-corrected chi connectivity index (χ3v) is 5.22. The molecule has 1 N–H and O–H groups in total. The molecule has 5 nitrogen and oxygen atoms in total. The molecule has 0 amide bonds. The van der Waals surface area contributed by atoms with E-state index in [-0.39, 0.29) is 6.61 Å². The van der Waals surface area contributed by atoms with E-state index in [0.717, 1.165) is 55.1 Å².